The third-order valence-corrected chi connectivity index (χ3v) is 4.00. The van der Waals surface area contributed by atoms with E-state index in [0.717, 1.165) is 36.9 Å². The summed E-state index contributed by atoms with van der Waals surface area (Å²) in [6, 6.07) is 3.63. The summed E-state index contributed by atoms with van der Waals surface area (Å²) >= 11 is 3.34. The average molecular weight is 312 g/mol. The van der Waals surface area contributed by atoms with Crippen molar-refractivity contribution in [2.24, 2.45) is 5.92 Å². The van der Waals surface area contributed by atoms with Gasteiger partial charge in [0, 0.05) is 17.2 Å². The molecule has 0 radical (unpaired) electrons. The van der Waals surface area contributed by atoms with Crippen molar-refractivity contribution in [2.45, 2.75) is 12.8 Å². The van der Waals surface area contributed by atoms with Crippen LogP contribution < -0.4 is 5.32 Å². The highest BCUT2D eigenvalue weighted by Crippen LogP contribution is 2.16. The maximum Gasteiger partial charge on any atom is 0.271 e. The average Bonchev–Trinajstić information content (AvgIpc) is 2.38. The van der Waals surface area contributed by atoms with Crippen molar-refractivity contribution >= 4 is 21.8 Å². The number of pyridine rings is 1. The summed E-state index contributed by atoms with van der Waals surface area (Å²) in [6.45, 7) is 2.98. The van der Waals surface area contributed by atoms with Crippen molar-refractivity contribution in [2.75, 3.05) is 26.7 Å². The molecule has 1 amide bonds. The number of aromatic nitrogens is 1. The van der Waals surface area contributed by atoms with Crippen molar-refractivity contribution in [3.63, 3.8) is 0 Å². The first-order valence-electron chi connectivity index (χ1n) is 6.24. The first-order chi connectivity index (χ1) is 8.66. The third-order valence-electron chi connectivity index (χ3n) is 3.36. The van der Waals surface area contributed by atoms with E-state index in [4.69, 9.17) is 0 Å². The number of likely N-dealkylation sites (tertiary alicyclic amines) is 1. The zero-order chi connectivity index (χ0) is 13.0. The van der Waals surface area contributed by atoms with E-state index < -0.39 is 0 Å². The fraction of sp³-hybridized carbons (Fsp3) is 0.538. The van der Waals surface area contributed by atoms with Crippen molar-refractivity contribution in [1.29, 1.82) is 0 Å². The Kier molecular flexibility index (Phi) is 4.72. The lowest BCUT2D eigenvalue weighted by Gasteiger charge is -2.28. The Morgan fingerprint density at radius 3 is 2.94 bits per heavy atom. The van der Waals surface area contributed by atoms with Gasteiger partial charge in [-0.1, -0.05) is 0 Å². The minimum atomic E-state index is -0.0959. The zero-order valence-corrected chi connectivity index (χ0v) is 12.1. The molecule has 1 aromatic rings. The lowest BCUT2D eigenvalue weighted by molar-refractivity contribution is 0.0933. The second-order valence-electron chi connectivity index (χ2n) is 4.79. The standard InChI is InChI=1S/C13H18BrN3O/c1-17-7-4-10(5-8-17)9-16-13(18)12-11(14)3-2-6-15-12/h2-3,6,10H,4-5,7-9H2,1H3,(H,16,18). The van der Waals surface area contributed by atoms with Gasteiger partial charge < -0.3 is 10.2 Å². The fourth-order valence-corrected chi connectivity index (χ4v) is 2.57. The van der Waals surface area contributed by atoms with E-state index in [2.05, 4.69) is 38.2 Å². The molecule has 0 bridgehead atoms. The molecule has 1 saturated heterocycles. The molecule has 0 aliphatic carbocycles. The van der Waals surface area contributed by atoms with Crippen LogP contribution in [0.3, 0.4) is 0 Å². The van der Waals surface area contributed by atoms with Crippen LogP contribution >= 0.6 is 15.9 Å². The van der Waals surface area contributed by atoms with Crippen LogP contribution in [0.5, 0.6) is 0 Å². The van der Waals surface area contributed by atoms with Crippen LogP contribution in [0.4, 0.5) is 0 Å². The highest BCUT2D eigenvalue weighted by atomic mass is 79.9. The summed E-state index contributed by atoms with van der Waals surface area (Å²) in [5, 5.41) is 2.97. The van der Waals surface area contributed by atoms with E-state index in [1.165, 1.54) is 0 Å². The van der Waals surface area contributed by atoms with E-state index in [9.17, 15) is 4.79 Å². The Morgan fingerprint density at radius 1 is 1.56 bits per heavy atom. The van der Waals surface area contributed by atoms with Crippen LogP contribution in [0.25, 0.3) is 0 Å². The van der Waals surface area contributed by atoms with E-state index in [-0.39, 0.29) is 5.91 Å². The minimum absolute atomic E-state index is 0.0959. The number of carbonyl (C=O) groups excluding carboxylic acids is 1. The van der Waals surface area contributed by atoms with Gasteiger partial charge in [-0.25, -0.2) is 4.98 Å². The topological polar surface area (TPSA) is 45.2 Å². The molecular formula is C13H18BrN3O. The molecule has 5 heteroatoms. The fourth-order valence-electron chi connectivity index (χ4n) is 2.14. The molecule has 18 heavy (non-hydrogen) atoms. The second kappa shape index (κ2) is 6.29. The van der Waals surface area contributed by atoms with Crippen LogP contribution in [0.1, 0.15) is 23.3 Å². The molecule has 1 fully saturated rings. The lowest BCUT2D eigenvalue weighted by Crippen LogP contribution is -2.37. The van der Waals surface area contributed by atoms with Crippen molar-refractivity contribution in [3.8, 4) is 0 Å². The first kappa shape index (κ1) is 13.5. The number of piperidine rings is 1. The molecule has 4 nitrogen and oxygen atoms in total. The predicted octanol–water partition coefficient (Wildman–Crippen LogP) is 1.92. The molecule has 0 atom stereocenters. The van der Waals surface area contributed by atoms with Gasteiger partial charge in [-0.05, 0) is 67.0 Å². The maximum absolute atomic E-state index is 12.0. The van der Waals surface area contributed by atoms with Gasteiger partial charge in [-0.15, -0.1) is 0 Å². The molecule has 98 valence electrons. The number of hydrogen-bond donors (Lipinski definition) is 1. The molecule has 1 aliphatic rings. The molecule has 1 aromatic heterocycles. The highest BCUT2D eigenvalue weighted by molar-refractivity contribution is 9.10. The number of rotatable bonds is 3. The molecule has 1 N–H and O–H groups in total. The van der Waals surface area contributed by atoms with Crippen LogP contribution in [0.2, 0.25) is 0 Å². The SMILES string of the molecule is CN1CCC(CNC(=O)c2ncccc2Br)CC1. The number of halogens is 1. The smallest absolute Gasteiger partial charge is 0.271 e. The summed E-state index contributed by atoms with van der Waals surface area (Å²) in [5.41, 5.74) is 0.463. The molecule has 0 unspecified atom stereocenters. The third kappa shape index (κ3) is 3.53. The summed E-state index contributed by atoms with van der Waals surface area (Å²) in [6.07, 6.45) is 3.94. The van der Waals surface area contributed by atoms with Crippen LogP contribution in [0, 0.1) is 5.92 Å². The Bertz CT molecular complexity index is 416. The largest absolute Gasteiger partial charge is 0.350 e. The number of nitrogens with zero attached hydrogens (tertiary/aromatic N) is 2. The highest BCUT2D eigenvalue weighted by Gasteiger charge is 2.18. The zero-order valence-electron chi connectivity index (χ0n) is 10.5. The van der Waals surface area contributed by atoms with E-state index in [1.54, 1.807) is 12.3 Å². The lowest BCUT2D eigenvalue weighted by atomic mass is 9.97. The Hall–Kier alpha value is -0.940. The van der Waals surface area contributed by atoms with Crippen molar-refractivity contribution < 1.29 is 4.79 Å². The summed E-state index contributed by atoms with van der Waals surface area (Å²) in [7, 11) is 2.14. The van der Waals surface area contributed by atoms with Gasteiger partial charge >= 0.3 is 0 Å². The molecule has 2 rings (SSSR count). The number of carbonyl (C=O) groups is 1. The van der Waals surface area contributed by atoms with Crippen LogP contribution in [-0.4, -0.2) is 42.5 Å². The first-order valence-corrected chi connectivity index (χ1v) is 7.03. The summed E-state index contributed by atoms with van der Waals surface area (Å²) < 4.78 is 0.742. The van der Waals surface area contributed by atoms with Gasteiger partial charge in [0.1, 0.15) is 5.69 Å². The quantitative estimate of drug-likeness (QED) is 0.927. The monoisotopic (exact) mass is 311 g/mol. The number of nitrogens with one attached hydrogen (secondary N) is 1. The normalized spacial score (nSPS) is 17.7. The summed E-state index contributed by atoms with van der Waals surface area (Å²) in [5.74, 6) is 0.494. The molecule has 0 spiro atoms. The van der Waals surface area contributed by atoms with E-state index in [0.29, 0.717) is 11.6 Å². The molecule has 0 saturated carbocycles. The van der Waals surface area contributed by atoms with E-state index >= 15 is 0 Å². The minimum Gasteiger partial charge on any atom is -0.350 e. The maximum atomic E-state index is 12.0. The van der Waals surface area contributed by atoms with E-state index in [1.807, 2.05) is 6.07 Å². The van der Waals surface area contributed by atoms with Crippen molar-refractivity contribution in [3.05, 3.63) is 28.5 Å². The molecule has 0 aromatic carbocycles. The number of amides is 1. The van der Waals surface area contributed by atoms with Gasteiger partial charge in [0.05, 0.1) is 0 Å². The second-order valence-corrected chi connectivity index (χ2v) is 5.64. The van der Waals surface area contributed by atoms with Crippen LogP contribution in [-0.2, 0) is 0 Å². The van der Waals surface area contributed by atoms with Gasteiger partial charge in [0.2, 0.25) is 0 Å². The Labute approximate surface area is 116 Å². The Morgan fingerprint density at radius 2 is 2.28 bits per heavy atom. The van der Waals surface area contributed by atoms with Crippen molar-refractivity contribution in [1.82, 2.24) is 15.2 Å². The molecule has 1 aliphatic heterocycles. The van der Waals surface area contributed by atoms with Gasteiger partial charge in [0.15, 0.2) is 0 Å². The number of hydrogen-bond acceptors (Lipinski definition) is 3. The van der Waals surface area contributed by atoms with Gasteiger partial charge in [0.25, 0.3) is 5.91 Å². The molecular weight excluding hydrogens is 294 g/mol. The van der Waals surface area contributed by atoms with Crippen LogP contribution in [0.15, 0.2) is 22.8 Å². The summed E-state index contributed by atoms with van der Waals surface area (Å²) in [4.78, 5) is 18.4. The van der Waals surface area contributed by atoms with Gasteiger partial charge in [-0.2, -0.15) is 0 Å². The molecule has 2 heterocycles. The predicted molar refractivity (Wildman–Crippen MR) is 74.5 cm³/mol. The van der Waals surface area contributed by atoms with Gasteiger partial charge in [-0.3, -0.25) is 4.79 Å². The Balaban J connectivity index is 1.84.